The molecule has 15 heavy (non-hydrogen) atoms. The summed E-state index contributed by atoms with van der Waals surface area (Å²) in [5, 5.41) is 0. The Labute approximate surface area is 98.9 Å². The molecule has 0 atom stereocenters. The lowest BCUT2D eigenvalue weighted by Crippen LogP contribution is -2.10. The van der Waals surface area contributed by atoms with Crippen LogP contribution in [0.3, 0.4) is 0 Å². The van der Waals surface area contributed by atoms with Crippen molar-refractivity contribution in [1.29, 1.82) is 0 Å². The fourth-order valence-electron chi connectivity index (χ4n) is 1.71. The molecule has 0 N–H and O–H groups in total. The zero-order valence-corrected chi connectivity index (χ0v) is 12.6. The normalized spacial score (nSPS) is 11.6. The summed E-state index contributed by atoms with van der Waals surface area (Å²) in [6.07, 6.45) is 1.36. The molecule has 0 aromatic carbocycles. The Balaban J connectivity index is 0. The van der Waals surface area contributed by atoms with E-state index in [1.807, 2.05) is 0 Å². The summed E-state index contributed by atoms with van der Waals surface area (Å²) in [6.45, 7) is 20.5. The zero-order valence-electron chi connectivity index (χ0n) is 12.6. The van der Waals surface area contributed by atoms with Crippen LogP contribution in [0.15, 0.2) is 0 Å². The minimum Gasteiger partial charge on any atom is -0.0628 e. The summed E-state index contributed by atoms with van der Waals surface area (Å²) in [4.78, 5) is 0. The van der Waals surface area contributed by atoms with E-state index >= 15 is 0 Å². The zero-order chi connectivity index (χ0) is 12.6. The molecular formula is C15H34. The third kappa shape index (κ3) is 14.0. The van der Waals surface area contributed by atoms with Crippen molar-refractivity contribution < 1.29 is 0 Å². The average molecular weight is 214 g/mol. The lowest BCUT2D eigenvalue weighted by Gasteiger charge is -2.18. The van der Waals surface area contributed by atoms with E-state index in [9.17, 15) is 0 Å². The van der Waals surface area contributed by atoms with Crippen molar-refractivity contribution in [3.05, 3.63) is 0 Å². The van der Waals surface area contributed by atoms with E-state index in [2.05, 4.69) is 62.3 Å². The Morgan fingerprint density at radius 1 is 0.533 bits per heavy atom. The first-order valence-corrected chi connectivity index (χ1v) is 6.68. The summed E-state index contributed by atoms with van der Waals surface area (Å²) >= 11 is 0. The number of hydrogen-bond donors (Lipinski definition) is 0. The van der Waals surface area contributed by atoms with Gasteiger partial charge in [-0.05, 0) is 36.0 Å². The van der Waals surface area contributed by atoms with Crippen LogP contribution in [0.4, 0.5) is 0 Å². The molecule has 0 nitrogen and oxygen atoms in total. The Kier molecular flexibility index (Phi) is 10.7. The molecule has 0 saturated carbocycles. The first-order chi connectivity index (χ1) is 6.68. The first-order valence-electron chi connectivity index (χ1n) is 6.68. The molecule has 0 heteroatoms. The van der Waals surface area contributed by atoms with E-state index in [1.54, 1.807) is 0 Å². The van der Waals surface area contributed by atoms with Gasteiger partial charge >= 0.3 is 0 Å². The van der Waals surface area contributed by atoms with Gasteiger partial charge in [-0.3, -0.25) is 0 Å². The average Bonchev–Trinajstić information content (AvgIpc) is 2.00. The van der Waals surface area contributed by atoms with Crippen LogP contribution in [-0.4, -0.2) is 0 Å². The maximum atomic E-state index is 2.31. The lowest BCUT2D eigenvalue weighted by atomic mass is 9.88. The predicted octanol–water partition coefficient (Wildman–Crippen LogP) is 5.62. The van der Waals surface area contributed by atoms with Crippen molar-refractivity contribution in [2.24, 2.45) is 29.6 Å². The molecule has 94 valence electrons. The van der Waals surface area contributed by atoms with Gasteiger partial charge in [0.05, 0.1) is 0 Å². The molecule has 0 aromatic rings. The van der Waals surface area contributed by atoms with Crippen molar-refractivity contribution in [2.45, 2.75) is 68.7 Å². The molecule has 0 spiro atoms. The Hall–Kier alpha value is 0. The minimum absolute atomic E-state index is 0.843. The van der Waals surface area contributed by atoms with Gasteiger partial charge in [0.15, 0.2) is 0 Å². The molecule has 0 unspecified atom stereocenters. The molecule has 0 rings (SSSR count). The van der Waals surface area contributed by atoms with Gasteiger partial charge < -0.3 is 0 Å². The van der Waals surface area contributed by atoms with E-state index in [1.165, 1.54) is 6.42 Å². The highest BCUT2D eigenvalue weighted by Gasteiger charge is 2.09. The predicted molar refractivity (Wildman–Crippen MR) is 73.1 cm³/mol. The van der Waals surface area contributed by atoms with Gasteiger partial charge in [-0.1, -0.05) is 62.3 Å². The van der Waals surface area contributed by atoms with Crippen LogP contribution in [0.25, 0.3) is 0 Å². The van der Waals surface area contributed by atoms with Gasteiger partial charge in [0.25, 0.3) is 0 Å². The fraction of sp³-hybridized carbons (Fsp3) is 1.00. The maximum absolute atomic E-state index is 2.31. The second-order valence-electron chi connectivity index (χ2n) is 6.37. The van der Waals surface area contributed by atoms with Crippen molar-refractivity contribution in [1.82, 2.24) is 0 Å². The van der Waals surface area contributed by atoms with E-state index in [0.717, 1.165) is 29.6 Å². The second-order valence-corrected chi connectivity index (χ2v) is 6.37. The van der Waals surface area contributed by atoms with Gasteiger partial charge in [0, 0.05) is 0 Å². The van der Waals surface area contributed by atoms with Crippen LogP contribution in [0.1, 0.15) is 68.7 Å². The SMILES string of the molecule is CC(C)C(C)C(C)C.CC(C)CC(C)C. The van der Waals surface area contributed by atoms with Crippen molar-refractivity contribution >= 4 is 0 Å². The van der Waals surface area contributed by atoms with Gasteiger partial charge in [-0.2, -0.15) is 0 Å². The van der Waals surface area contributed by atoms with Crippen LogP contribution in [-0.2, 0) is 0 Å². The summed E-state index contributed by atoms with van der Waals surface area (Å²) in [6, 6.07) is 0. The highest BCUT2D eigenvalue weighted by Crippen LogP contribution is 2.18. The molecule has 0 saturated heterocycles. The molecular weight excluding hydrogens is 180 g/mol. The Bertz CT molecular complexity index is 106. The van der Waals surface area contributed by atoms with E-state index < -0.39 is 0 Å². The molecule has 0 bridgehead atoms. The maximum Gasteiger partial charge on any atom is -0.0396 e. The van der Waals surface area contributed by atoms with E-state index in [4.69, 9.17) is 0 Å². The van der Waals surface area contributed by atoms with Crippen LogP contribution >= 0.6 is 0 Å². The van der Waals surface area contributed by atoms with E-state index in [-0.39, 0.29) is 0 Å². The molecule has 0 aliphatic rings. The third-order valence-electron chi connectivity index (χ3n) is 3.05. The number of rotatable bonds is 4. The second kappa shape index (κ2) is 9.24. The molecule has 0 fully saturated rings. The van der Waals surface area contributed by atoms with Gasteiger partial charge in [-0.15, -0.1) is 0 Å². The number of hydrogen-bond acceptors (Lipinski definition) is 0. The summed E-state index contributed by atoms with van der Waals surface area (Å²) in [5.41, 5.74) is 0. The molecule has 0 aromatic heterocycles. The monoisotopic (exact) mass is 214 g/mol. The molecule has 0 heterocycles. The third-order valence-corrected chi connectivity index (χ3v) is 3.05. The van der Waals surface area contributed by atoms with Gasteiger partial charge in [-0.25, -0.2) is 0 Å². The first kappa shape index (κ1) is 17.4. The molecule has 0 aliphatic heterocycles. The largest absolute Gasteiger partial charge is 0.0628 e. The standard InChI is InChI=1S/C8H18.C7H16/c1-6(2)8(5)7(3)4;1-6(2)5-7(3)4/h6-8H,1-5H3;6-7H,5H2,1-4H3. The topological polar surface area (TPSA) is 0 Å². The van der Waals surface area contributed by atoms with E-state index in [0.29, 0.717) is 0 Å². The van der Waals surface area contributed by atoms with Crippen molar-refractivity contribution in [2.75, 3.05) is 0 Å². The molecule has 0 amide bonds. The fourth-order valence-corrected chi connectivity index (χ4v) is 1.71. The lowest BCUT2D eigenvalue weighted by molar-refractivity contribution is 0.316. The van der Waals surface area contributed by atoms with Gasteiger partial charge in [0.2, 0.25) is 0 Å². The quantitative estimate of drug-likeness (QED) is 0.569. The van der Waals surface area contributed by atoms with Crippen LogP contribution in [0, 0.1) is 29.6 Å². The summed E-state index contributed by atoms with van der Waals surface area (Å²) in [5.74, 6) is 4.31. The summed E-state index contributed by atoms with van der Waals surface area (Å²) < 4.78 is 0. The molecule has 0 aliphatic carbocycles. The van der Waals surface area contributed by atoms with Gasteiger partial charge in [0.1, 0.15) is 0 Å². The van der Waals surface area contributed by atoms with Crippen molar-refractivity contribution in [3.8, 4) is 0 Å². The van der Waals surface area contributed by atoms with Crippen LogP contribution in [0.5, 0.6) is 0 Å². The van der Waals surface area contributed by atoms with Crippen molar-refractivity contribution in [3.63, 3.8) is 0 Å². The summed E-state index contributed by atoms with van der Waals surface area (Å²) in [7, 11) is 0. The van der Waals surface area contributed by atoms with Crippen LogP contribution in [0.2, 0.25) is 0 Å². The van der Waals surface area contributed by atoms with Crippen LogP contribution < -0.4 is 0 Å². The Morgan fingerprint density at radius 3 is 0.800 bits per heavy atom. The smallest absolute Gasteiger partial charge is 0.0396 e. The molecule has 0 radical (unpaired) electrons. The Morgan fingerprint density at radius 2 is 0.800 bits per heavy atom. The highest BCUT2D eigenvalue weighted by molar-refractivity contribution is 4.59. The highest BCUT2D eigenvalue weighted by atomic mass is 14.2. The minimum atomic E-state index is 0.843.